The van der Waals surface area contributed by atoms with Crippen LogP contribution in [-0.2, 0) is 9.59 Å². The fourth-order valence-corrected chi connectivity index (χ4v) is 5.86. The number of anilines is 1. The number of allylic oxidation sites excluding steroid dienone is 1. The van der Waals surface area contributed by atoms with Gasteiger partial charge in [-0.3, -0.25) is 19.2 Å². The van der Waals surface area contributed by atoms with Crippen LogP contribution in [0.25, 0.3) is 11.0 Å². The fraction of sp³-hybridized carbons (Fsp3) is 0.400. The van der Waals surface area contributed by atoms with E-state index >= 15 is 0 Å². The highest BCUT2D eigenvalue weighted by Crippen LogP contribution is 2.25. The second kappa shape index (κ2) is 14.3. The first kappa shape index (κ1) is 32.3. The highest BCUT2D eigenvalue weighted by atomic mass is 16.3. The molecular weight excluding hydrogens is 584 g/mol. The third-order valence-corrected chi connectivity index (χ3v) is 8.60. The number of likely N-dealkylation sites (tertiary alicyclic amines) is 2. The van der Waals surface area contributed by atoms with Gasteiger partial charge in [-0.15, -0.1) is 0 Å². The molecule has 2 aliphatic rings. The standard InChI is InChI=1S/C35H40N6O5/c1-4-39(3)34(44)25-12-10-24(11-13-25)32(43)28(21-36)33(37-27-14-15-30-26(20-27)19-23(2)46-30)38-29-9-5-6-18-41(35(29)45)22-31(42)40-16-7-8-17-40/h10-15,19-20,29,37-38H,4-9,16-18,22H2,1-3H3/b33-28+/t29-/m0/s1. The Kier molecular flexibility index (Phi) is 10.1. The number of hydrogen-bond acceptors (Lipinski definition) is 8. The zero-order chi connectivity index (χ0) is 32.8. The first-order chi connectivity index (χ1) is 22.2. The molecule has 3 aromatic rings. The van der Waals surface area contributed by atoms with Crippen molar-refractivity contribution in [3.05, 3.63) is 76.8 Å². The van der Waals surface area contributed by atoms with Gasteiger partial charge in [0.25, 0.3) is 5.91 Å². The van der Waals surface area contributed by atoms with Gasteiger partial charge < -0.3 is 29.8 Å². The van der Waals surface area contributed by atoms with Gasteiger partial charge >= 0.3 is 0 Å². The number of aryl methyl sites for hydroxylation is 1. The van der Waals surface area contributed by atoms with E-state index in [-0.39, 0.29) is 41.2 Å². The van der Waals surface area contributed by atoms with Gasteiger partial charge in [-0.2, -0.15) is 5.26 Å². The summed E-state index contributed by atoms with van der Waals surface area (Å²) in [6.07, 6.45) is 3.86. The molecule has 11 nitrogen and oxygen atoms in total. The Balaban J connectivity index is 1.46. The minimum absolute atomic E-state index is 0.00231. The van der Waals surface area contributed by atoms with Crippen molar-refractivity contribution in [2.45, 2.75) is 52.0 Å². The molecule has 0 radical (unpaired) electrons. The number of nitrogens with zero attached hydrogens (tertiary/aromatic N) is 4. The maximum atomic E-state index is 13.8. The summed E-state index contributed by atoms with van der Waals surface area (Å²) >= 11 is 0. The summed E-state index contributed by atoms with van der Waals surface area (Å²) in [5.74, 6) is -0.228. The Labute approximate surface area is 268 Å². The molecule has 2 saturated heterocycles. The third-order valence-electron chi connectivity index (χ3n) is 8.60. The van der Waals surface area contributed by atoms with Crippen LogP contribution in [0.2, 0.25) is 0 Å². The third kappa shape index (κ3) is 7.23. The summed E-state index contributed by atoms with van der Waals surface area (Å²) in [5.41, 5.74) is 1.71. The van der Waals surface area contributed by atoms with E-state index < -0.39 is 11.8 Å². The molecule has 1 aromatic heterocycles. The van der Waals surface area contributed by atoms with E-state index in [4.69, 9.17) is 4.42 Å². The quantitative estimate of drug-likeness (QED) is 0.192. The second-order valence-electron chi connectivity index (χ2n) is 11.9. The normalized spacial score (nSPS) is 17.3. The van der Waals surface area contributed by atoms with Gasteiger partial charge in [0.15, 0.2) is 0 Å². The lowest BCUT2D eigenvalue weighted by Crippen LogP contribution is -2.49. The Morgan fingerprint density at radius 1 is 1.00 bits per heavy atom. The number of carbonyl (C=O) groups is 4. The number of Topliss-reactive ketones (excluding diaryl/α,β-unsaturated/α-hetero) is 1. The predicted octanol–water partition coefficient (Wildman–Crippen LogP) is 4.46. The van der Waals surface area contributed by atoms with Gasteiger partial charge in [0.1, 0.15) is 34.8 Å². The number of benzene rings is 2. The minimum Gasteiger partial charge on any atom is -0.461 e. The monoisotopic (exact) mass is 624 g/mol. The van der Waals surface area contributed by atoms with Crippen LogP contribution in [0.15, 0.2) is 64.3 Å². The van der Waals surface area contributed by atoms with Crippen molar-refractivity contribution in [2.75, 3.05) is 45.1 Å². The van der Waals surface area contributed by atoms with Gasteiger partial charge in [0.2, 0.25) is 17.6 Å². The largest absolute Gasteiger partial charge is 0.461 e. The average molecular weight is 625 g/mol. The second-order valence-corrected chi connectivity index (χ2v) is 11.9. The Morgan fingerprint density at radius 2 is 1.70 bits per heavy atom. The van der Waals surface area contributed by atoms with Crippen LogP contribution in [0, 0.1) is 18.3 Å². The summed E-state index contributed by atoms with van der Waals surface area (Å²) in [4.78, 5) is 58.1. The molecule has 2 fully saturated rings. The van der Waals surface area contributed by atoms with Crippen LogP contribution in [0.3, 0.4) is 0 Å². The van der Waals surface area contributed by atoms with Gasteiger partial charge in [0.05, 0.1) is 6.54 Å². The Bertz CT molecular complexity index is 1700. The molecule has 46 heavy (non-hydrogen) atoms. The lowest BCUT2D eigenvalue weighted by Gasteiger charge is -2.28. The zero-order valence-corrected chi connectivity index (χ0v) is 26.6. The SMILES string of the molecule is CCN(C)C(=O)c1ccc(C(=O)/C(C#N)=C(\Nc2ccc3oc(C)cc3c2)N[C@H]2CCCCN(CC(=O)N3CCCC3)C2=O)cc1. The molecule has 0 saturated carbocycles. The van der Waals surface area contributed by atoms with Crippen LogP contribution in [0.5, 0.6) is 0 Å². The summed E-state index contributed by atoms with van der Waals surface area (Å²) in [6, 6.07) is 14.8. The summed E-state index contributed by atoms with van der Waals surface area (Å²) in [6.45, 7) is 6.13. The van der Waals surface area contributed by atoms with Gasteiger partial charge in [-0.25, -0.2) is 0 Å². The topological polar surface area (TPSA) is 139 Å². The van der Waals surface area contributed by atoms with Crippen LogP contribution in [0.4, 0.5) is 5.69 Å². The van der Waals surface area contributed by atoms with Crippen molar-refractivity contribution >= 4 is 40.2 Å². The average Bonchev–Trinajstić information content (AvgIpc) is 3.70. The molecular formula is C35H40N6O5. The molecule has 2 N–H and O–H groups in total. The number of fused-ring (bicyclic) bond motifs is 1. The number of amides is 3. The number of furan rings is 1. The fourth-order valence-electron chi connectivity index (χ4n) is 5.86. The maximum Gasteiger partial charge on any atom is 0.253 e. The smallest absolute Gasteiger partial charge is 0.253 e. The predicted molar refractivity (Wildman–Crippen MR) is 174 cm³/mol. The van der Waals surface area contributed by atoms with Gasteiger partial charge in [-0.1, -0.05) is 12.1 Å². The molecule has 2 aliphatic heterocycles. The molecule has 3 heterocycles. The number of carbonyl (C=O) groups excluding carboxylic acids is 4. The zero-order valence-electron chi connectivity index (χ0n) is 26.6. The van der Waals surface area contributed by atoms with Crippen LogP contribution in [0.1, 0.15) is 65.5 Å². The van der Waals surface area contributed by atoms with Crippen LogP contribution in [-0.4, -0.2) is 84.0 Å². The van der Waals surface area contributed by atoms with Gasteiger partial charge in [0, 0.05) is 55.4 Å². The first-order valence-electron chi connectivity index (χ1n) is 15.8. The summed E-state index contributed by atoms with van der Waals surface area (Å²) in [5, 5.41) is 17.6. The molecule has 0 aliphatic carbocycles. The van der Waals surface area contributed by atoms with E-state index in [2.05, 4.69) is 16.7 Å². The number of nitriles is 1. The molecule has 240 valence electrons. The first-order valence-corrected chi connectivity index (χ1v) is 15.8. The molecule has 0 unspecified atom stereocenters. The number of hydrogen-bond donors (Lipinski definition) is 2. The van der Waals surface area contributed by atoms with Crippen LogP contribution < -0.4 is 10.6 Å². The summed E-state index contributed by atoms with van der Waals surface area (Å²) < 4.78 is 5.70. The molecule has 3 amide bonds. The number of rotatable bonds is 10. The van der Waals surface area contributed by atoms with Gasteiger partial charge in [-0.05, 0) is 82.3 Å². The molecule has 1 atom stereocenters. The highest BCUT2D eigenvalue weighted by Gasteiger charge is 2.32. The van der Waals surface area contributed by atoms with E-state index in [1.165, 1.54) is 12.1 Å². The maximum absolute atomic E-state index is 13.8. The Hall–Kier alpha value is -5.11. The number of ketones is 1. The van der Waals surface area contributed by atoms with Crippen molar-refractivity contribution in [3.63, 3.8) is 0 Å². The molecule has 0 spiro atoms. The van der Waals surface area contributed by atoms with Crippen molar-refractivity contribution in [3.8, 4) is 6.07 Å². The molecule has 11 heteroatoms. The molecule has 2 aromatic carbocycles. The van der Waals surface area contributed by atoms with Crippen molar-refractivity contribution in [1.82, 2.24) is 20.0 Å². The molecule has 0 bridgehead atoms. The van der Waals surface area contributed by atoms with Crippen LogP contribution >= 0.6 is 0 Å². The Morgan fingerprint density at radius 3 is 2.39 bits per heavy atom. The minimum atomic E-state index is -0.767. The lowest BCUT2D eigenvalue weighted by atomic mass is 10.0. The number of nitrogens with one attached hydrogen (secondary N) is 2. The van der Waals surface area contributed by atoms with Crippen molar-refractivity contribution < 1.29 is 23.6 Å². The van der Waals surface area contributed by atoms with Crippen molar-refractivity contribution in [2.24, 2.45) is 0 Å². The molecule has 5 rings (SSSR count). The van der Waals surface area contributed by atoms with E-state index in [0.29, 0.717) is 49.4 Å². The van der Waals surface area contributed by atoms with E-state index in [1.807, 2.05) is 26.0 Å². The summed E-state index contributed by atoms with van der Waals surface area (Å²) in [7, 11) is 1.70. The van der Waals surface area contributed by atoms with Crippen molar-refractivity contribution in [1.29, 1.82) is 5.26 Å². The highest BCUT2D eigenvalue weighted by molar-refractivity contribution is 6.12. The lowest BCUT2D eigenvalue weighted by molar-refractivity contribution is -0.140. The van der Waals surface area contributed by atoms with E-state index in [0.717, 1.165) is 36.8 Å². The van der Waals surface area contributed by atoms with E-state index in [1.54, 1.807) is 46.0 Å². The van der Waals surface area contributed by atoms with E-state index in [9.17, 15) is 24.4 Å².